The van der Waals surface area contributed by atoms with Crippen LogP contribution in [0.15, 0.2) is 18.2 Å². The molecule has 1 aliphatic carbocycles. The topological polar surface area (TPSA) is 55.5 Å². The number of aliphatic hydroxyl groups excluding tert-OH is 1. The third-order valence-corrected chi connectivity index (χ3v) is 3.22. The van der Waals surface area contributed by atoms with Crippen LogP contribution in [0.3, 0.4) is 0 Å². The summed E-state index contributed by atoms with van der Waals surface area (Å²) in [5, 5.41) is 9.39. The average Bonchev–Trinajstić information content (AvgIpc) is 2.29. The van der Waals surface area contributed by atoms with Gasteiger partial charge >= 0.3 is 0 Å². The number of nitrogens with two attached hydrogens (primary N) is 1. The van der Waals surface area contributed by atoms with Gasteiger partial charge in [0, 0.05) is 0 Å². The molecule has 0 bridgehead atoms. The molecule has 3 nitrogen and oxygen atoms in total. The third-order valence-electron chi connectivity index (χ3n) is 3.22. The molecule has 1 atom stereocenters. The summed E-state index contributed by atoms with van der Waals surface area (Å²) in [5.74, 6) is 0.885. The second kappa shape index (κ2) is 3.83. The number of aliphatic hydroxyl groups is 1. The Balaban J connectivity index is 2.53. The van der Waals surface area contributed by atoms with Crippen LogP contribution in [0.1, 0.15) is 24.0 Å². The molecule has 1 aromatic rings. The van der Waals surface area contributed by atoms with E-state index in [9.17, 15) is 5.11 Å². The maximum atomic E-state index is 9.39. The molecular formula is C12H17NO2. The SMILES string of the molecule is COc1cccc2c1CCCC2(N)CO. The van der Waals surface area contributed by atoms with Crippen molar-refractivity contribution in [2.45, 2.75) is 24.8 Å². The van der Waals surface area contributed by atoms with E-state index < -0.39 is 5.54 Å². The van der Waals surface area contributed by atoms with Crippen molar-refractivity contribution in [2.24, 2.45) is 5.73 Å². The molecule has 82 valence electrons. The second-order valence-electron chi connectivity index (χ2n) is 4.15. The van der Waals surface area contributed by atoms with Gasteiger partial charge in [0.1, 0.15) is 5.75 Å². The van der Waals surface area contributed by atoms with E-state index in [1.165, 1.54) is 0 Å². The zero-order valence-corrected chi connectivity index (χ0v) is 8.99. The van der Waals surface area contributed by atoms with E-state index in [0.717, 1.165) is 36.1 Å². The standard InChI is InChI=1S/C12H17NO2/c1-15-11-6-2-5-10-9(11)4-3-7-12(10,13)8-14/h2,5-6,14H,3-4,7-8,13H2,1H3. The molecule has 0 amide bonds. The zero-order chi connectivity index (χ0) is 10.9. The fourth-order valence-corrected chi connectivity index (χ4v) is 2.36. The Labute approximate surface area is 89.9 Å². The quantitative estimate of drug-likeness (QED) is 0.765. The lowest BCUT2D eigenvalue weighted by atomic mass is 9.77. The van der Waals surface area contributed by atoms with Crippen LogP contribution in [0.4, 0.5) is 0 Å². The Kier molecular flexibility index (Phi) is 2.67. The molecule has 0 aromatic heterocycles. The Bertz CT molecular complexity index is 365. The molecule has 1 unspecified atom stereocenters. The second-order valence-corrected chi connectivity index (χ2v) is 4.15. The number of fused-ring (bicyclic) bond motifs is 1. The van der Waals surface area contributed by atoms with Crippen molar-refractivity contribution in [3.05, 3.63) is 29.3 Å². The molecule has 1 aromatic carbocycles. The molecule has 3 heteroatoms. The van der Waals surface area contributed by atoms with Crippen molar-refractivity contribution in [1.29, 1.82) is 0 Å². The number of methoxy groups -OCH3 is 1. The van der Waals surface area contributed by atoms with Crippen LogP contribution in [0.25, 0.3) is 0 Å². The van der Waals surface area contributed by atoms with Gasteiger partial charge in [-0.2, -0.15) is 0 Å². The van der Waals surface area contributed by atoms with Gasteiger partial charge in [-0.25, -0.2) is 0 Å². The minimum absolute atomic E-state index is 0.00678. The van der Waals surface area contributed by atoms with Crippen LogP contribution in [-0.2, 0) is 12.0 Å². The average molecular weight is 207 g/mol. The summed E-state index contributed by atoms with van der Waals surface area (Å²) in [4.78, 5) is 0. The minimum Gasteiger partial charge on any atom is -0.496 e. The van der Waals surface area contributed by atoms with E-state index in [-0.39, 0.29) is 6.61 Å². The summed E-state index contributed by atoms with van der Waals surface area (Å²) in [6.45, 7) is -0.00678. The fourth-order valence-electron chi connectivity index (χ4n) is 2.36. The maximum Gasteiger partial charge on any atom is 0.122 e. The molecule has 2 rings (SSSR count). The Hall–Kier alpha value is -1.06. The molecule has 0 aliphatic heterocycles. The summed E-state index contributed by atoms with van der Waals surface area (Å²) in [7, 11) is 1.67. The molecule has 0 saturated carbocycles. The molecule has 15 heavy (non-hydrogen) atoms. The highest BCUT2D eigenvalue weighted by atomic mass is 16.5. The lowest BCUT2D eigenvalue weighted by molar-refractivity contribution is 0.178. The molecule has 3 N–H and O–H groups in total. The van der Waals surface area contributed by atoms with Gasteiger partial charge in [0.15, 0.2) is 0 Å². The Morgan fingerprint density at radius 2 is 2.33 bits per heavy atom. The van der Waals surface area contributed by atoms with E-state index in [1.54, 1.807) is 7.11 Å². The number of benzene rings is 1. The number of rotatable bonds is 2. The van der Waals surface area contributed by atoms with Crippen molar-refractivity contribution < 1.29 is 9.84 Å². The third kappa shape index (κ3) is 1.62. The van der Waals surface area contributed by atoms with Crippen molar-refractivity contribution >= 4 is 0 Å². The normalized spacial score (nSPS) is 24.7. The summed E-state index contributed by atoms with van der Waals surface area (Å²) in [5.41, 5.74) is 7.80. The van der Waals surface area contributed by atoms with Crippen molar-refractivity contribution in [1.82, 2.24) is 0 Å². The highest BCUT2D eigenvalue weighted by molar-refractivity contribution is 5.45. The summed E-state index contributed by atoms with van der Waals surface area (Å²) < 4.78 is 5.31. The minimum atomic E-state index is -0.581. The highest BCUT2D eigenvalue weighted by Gasteiger charge is 2.33. The van der Waals surface area contributed by atoms with Gasteiger partial charge < -0.3 is 15.6 Å². The predicted molar refractivity (Wildman–Crippen MR) is 58.9 cm³/mol. The van der Waals surface area contributed by atoms with Gasteiger partial charge in [-0.05, 0) is 36.5 Å². The first-order chi connectivity index (χ1) is 7.21. The fraction of sp³-hybridized carbons (Fsp3) is 0.500. The summed E-state index contributed by atoms with van der Waals surface area (Å²) in [6.07, 6.45) is 2.83. The zero-order valence-electron chi connectivity index (χ0n) is 8.99. The maximum absolute atomic E-state index is 9.39. The van der Waals surface area contributed by atoms with Crippen LogP contribution in [-0.4, -0.2) is 18.8 Å². The first kappa shape index (κ1) is 10.5. The first-order valence-electron chi connectivity index (χ1n) is 5.27. The van der Waals surface area contributed by atoms with Crippen molar-refractivity contribution in [2.75, 3.05) is 13.7 Å². The van der Waals surface area contributed by atoms with Crippen molar-refractivity contribution in [3.63, 3.8) is 0 Å². The number of ether oxygens (including phenoxy) is 1. The van der Waals surface area contributed by atoms with E-state index in [4.69, 9.17) is 10.5 Å². The van der Waals surface area contributed by atoms with Gasteiger partial charge in [0.2, 0.25) is 0 Å². The van der Waals surface area contributed by atoms with Crippen LogP contribution in [0, 0.1) is 0 Å². The first-order valence-corrected chi connectivity index (χ1v) is 5.27. The monoisotopic (exact) mass is 207 g/mol. The molecule has 0 radical (unpaired) electrons. The van der Waals surface area contributed by atoms with Gasteiger partial charge in [-0.15, -0.1) is 0 Å². The van der Waals surface area contributed by atoms with E-state index in [1.807, 2.05) is 18.2 Å². The number of hydrogen-bond acceptors (Lipinski definition) is 3. The summed E-state index contributed by atoms with van der Waals surface area (Å²) in [6, 6.07) is 5.87. The smallest absolute Gasteiger partial charge is 0.122 e. The van der Waals surface area contributed by atoms with Gasteiger partial charge in [0.25, 0.3) is 0 Å². The van der Waals surface area contributed by atoms with Gasteiger partial charge in [-0.1, -0.05) is 12.1 Å². The van der Waals surface area contributed by atoms with E-state index >= 15 is 0 Å². The van der Waals surface area contributed by atoms with Crippen LogP contribution < -0.4 is 10.5 Å². The van der Waals surface area contributed by atoms with Crippen LogP contribution >= 0.6 is 0 Å². The lowest BCUT2D eigenvalue weighted by Gasteiger charge is -2.34. The van der Waals surface area contributed by atoms with Crippen LogP contribution in [0.2, 0.25) is 0 Å². The van der Waals surface area contributed by atoms with Gasteiger partial charge in [-0.3, -0.25) is 0 Å². The van der Waals surface area contributed by atoms with E-state index in [0.29, 0.717) is 0 Å². The lowest BCUT2D eigenvalue weighted by Crippen LogP contribution is -2.43. The molecule has 1 aliphatic rings. The number of hydrogen-bond donors (Lipinski definition) is 2. The van der Waals surface area contributed by atoms with Gasteiger partial charge in [0.05, 0.1) is 19.3 Å². The predicted octanol–water partition coefficient (Wildman–Crippen LogP) is 1.18. The molecule has 0 heterocycles. The Morgan fingerprint density at radius 1 is 1.53 bits per heavy atom. The molecule has 0 spiro atoms. The molecule has 0 fully saturated rings. The van der Waals surface area contributed by atoms with E-state index in [2.05, 4.69) is 0 Å². The molecule has 0 saturated heterocycles. The summed E-state index contributed by atoms with van der Waals surface area (Å²) >= 11 is 0. The van der Waals surface area contributed by atoms with Crippen LogP contribution in [0.5, 0.6) is 5.75 Å². The molecular weight excluding hydrogens is 190 g/mol. The Morgan fingerprint density at radius 3 is 3.00 bits per heavy atom. The van der Waals surface area contributed by atoms with Crippen molar-refractivity contribution in [3.8, 4) is 5.75 Å². The largest absolute Gasteiger partial charge is 0.496 e. The highest BCUT2D eigenvalue weighted by Crippen LogP contribution is 2.37.